The van der Waals surface area contributed by atoms with Crippen LogP contribution in [0.1, 0.15) is 26.2 Å². The van der Waals surface area contributed by atoms with Gasteiger partial charge < -0.3 is 15.7 Å². The molecule has 0 saturated heterocycles. The van der Waals surface area contributed by atoms with Crippen LogP contribution < -0.4 is 10.6 Å². The molecule has 3 N–H and O–H groups in total. The number of carbonyl (C=O) groups excluding carboxylic acids is 1. The quantitative estimate of drug-likeness (QED) is 0.543. The topological polar surface area (TPSA) is 61.4 Å². The van der Waals surface area contributed by atoms with Gasteiger partial charge in [-0.25, -0.2) is 0 Å². The minimum atomic E-state index is -0.597. The van der Waals surface area contributed by atoms with Gasteiger partial charge in [-0.05, 0) is 26.2 Å². The van der Waals surface area contributed by atoms with Crippen LogP contribution >= 0.6 is 0 Å². The molecule has 0 aromatic rings. The highest BCUT2D eigenvalue weighted by molar-refractivity contribution is 5.81. The second-order valence-corrected chi connectivity index (χ2v) is 4.10. The number of hydrogen-bond acceptors (Lipinski definition) is 3. The summed E-state index contributed by atoms with van der Waals surface area (Å²) < 4.78 is 0. The zero-order valence-electron chi connectivity index (χ0n) is 9.05. The number of amides is 1. The molecule has 0 aromatic carbocycles. The zero-order valence-corrected chi connectivity index (χ0v) is 9.05. The van der Waals surface area contributed by atoms with Gasteiger partial charge in [0.1, 0.15) is 0 Å². The van der Waals surface area contributed by atoms with Gasteiger partial charge >= 0.3 is 0 Å². The van der Waals surface area contributed by atoms with Crippen molar-refractivity contribution in [3.63, 3.8) is 0 Å². The summed E-state index contributed by atoms with van der Waals surface area (Å²) in [5.74, 6) is 2.21. The zero-order chi connectivity index (χ0) is 11.3. The van der Waals surface area contributed by atoms with Crippen LogP contribution in [0.25, 0.3) is 0 Å². The van der Waals surface area contributed by atoms with E-state index in [0.717, 1.165) is 19.3 Å². The monoisotopic (exact) mass is 210 g/mol. The lowest BCUT2D eigenvalue weighted by molar-refractivity contribution is -0.123. The maximum Gasteiger partial charge on any atom is 0.237 e. The lowest BCUT2D eigenvalue weighted by Crippen LogP contribution is -2.51. The summed E-state index contributed by atoms with van der Waals surface area (Å²) in [5, 5.41) is 15.4. The van der Waals surface area contributed by atoms with E-state index in [9.17, 15) is 9.90 Å². The average molecular weight is 210 g/mol. The van der Waals surface area contributed by atoms with Gasteiger partial charge in [0.25, 0.3) is 0 Å². The first kappa shape index (κ1) is 12.0. The van der Waals surface area contributed by atoms with E-state index in [1.165, 1.54) is 0 Å². The molecule has 0 heterocycles. The summed E-state index contributed by atoms with van der Waals surface area (Å²) in [4.78, 5) is 11.4. The minimum absolute atomic E-state index is 0.129. The van der Waals surface area contributed by atoms with Crippen molar-refractivity contribution in [2.45, 2.75) is 37.8 Å². The molecule has 0 aliphatic heterocycles. The normalized spacial score (nSPS) is 19.8. The van der Waals surface area contributed by atoms with Crippen molar-refractivity contribution in [1.29, 1.82) is 0 Å². The van der Waals surface area contributed by atoms with Crippen molar-refractivity contribution in [2.75, 3.05) is 13.1 Å². The van der Waals surface area contributed by atoms with Crippen LogP contribution in [0.5, 0.6) is 0 Å². The number of hydrogen-bond donors (Lipinski definition) is 3. The van der Waals surface area contributed by atoms with Gasteiger partial charge in [-0.3, -0.25) is 4.79 Å². The molecule has 1 atom stereocenters. The summed E-state index contributed by atoms with van der Waals surface area (Å²) in [6.07, 6.45) is 7.73. The van der Waals surface area contributed by atoms with E-state index in [1.807, 2.05) is 0 Å². The van der Waals surface area contributed by atoms with Crippen LogP contribution in [0.4, 0.5) is 0 Å². The van der Waals surface area contributed by atoms with E-state index in [2.05, 4.69) is 16.6 Å². The first-order valence-electron chi connectivity index (χ1n) is 5.24. The number of aliphatic hydroxyl groups is 1. The maximum atomic E-state index is 11.4. The fourth-order valence-corrected chi connectivity index (χ4v) is 1.49. The van der Waals surface area contributed by atoms with Crippen LogP contribution in [-0.2, 0) is 4.79 Å². The van der Waals surface area contributed by atoms with Crippen molar-refractivity contribution in [3.05, 3.63) is 0 Å². The highest BCUT2D eigenvalue weighted by Gasteiger charge is 2.34. The largest absolute Gasteiger partial charge is 0.389 e. The predicted octanol–water partition coefficient (Wildman–Crippen LogP) is -0.371. The number of carbonyl (C=O) groups is 1. The Morgan fingerprint density at radius 1 is 1.67 bits per heavy atom. The average Bonchev–Trinajstić information content (AvgIpc) is 2.19. The highest BCUT2D eigenvalue weighted by atomic mass is 16.3. The van der Waals surface area contributed by atoms with Crippen LogP contribution in [0.15, 0.2) is 0 Å². The molecular formula is C11H18N2O2. The molecule has 1 fully saturated rings. The molecule has 15 heavy (non-hydrogen) atoms. The van der Waals surface area contributed by atoms with Crippen LogP contribution in [0.2, 0.25) is 0 Å². The molecule has 1 unspecified atom stereocenters. The van der Waals surface area contributed by atoms with Gasteiger partial charge in [0.15, 0.2) is 0 Å². The van der Waals surface area contributed by atoms with Gasteiger partial charge in [0.2, 0.25) is 5.91 Å². The molecule has 0 spiro atoms. The predicted molar refractivity (Wildman–Crippen MR) is 58.1 cm³/mol. The second kappa shape index (κ2) is 5.15. The summed E-state index contributed by atoms with van der Waals surface area (Å²) in [5.41, 5.74) is -0.597. The molecule has 4 heteroatoms. The molecule has 0 aromatic heterocycles. The minimum Gasteiger partial charge on any atom is -0.389 e. The third-order valence-corrected chi connectivity index (χ3v) is 2.78. The van der Waals surface area contributed by atoms with Crippen molar-refractivity contribution in [3.8, 4) is 12.3 Å². The SMILES string of the molecule is C#CCNC(=O)C(C)NCC1(O)CCC1. The molecule has 1 amide bonds. The molecule has 1 aliphatic rings. The lowest BCUT2D eigenvalue weighted by atomic mass is 9.80. The Morgan fingerprint density at radius 3 is 2.80 bits per heavy atom. The lowest BCUT2D eigenvalue weighted by Gasteiger charge is -2.37. The van der Waals surface area contributed by atoms with E-state index in [0.29, 0.717) is 6.54 Å². The van der Waals surface area contributed by atoms with Crippen molar-refractivity contribution >= 4 is 5.91 Å². The molecule has 1 rings (SSSR count). The number of terminal acetylenes is 1. The van der Waals surface area contributed by atoms with E-state index >= 15 is 0 Å². The van der Waals surface area contributed by atoms with E-state index in [1.54, 1.807) is 6.92 Å². The van der Waals surface area contributed by atoms with Crippen molar-refractivity contribution in [2.24, 2.45) is 0 Å². The van der Waals surface area contributed by atoms with Gasteiger partial charge in [-0.15, -0.1) is 6.42 Å². The first-order valence-corrected chi connectivity index (χ1v) is 5.24. The molecule has 0 bridgehead atoms. The Balaban J connectivity index is 2.20. The van der Waals surface area contributed by atoms with Gasteiger partial charge in [-0.2, -0.15) is 0 Å². The molecule has 1 saturated carbocycles. The summed E-state index contributed by atoms with van der Waals surface area (Å²) in [7, 11) is 0. The van der Waals surface area contributed by atoms with E-state index < -0.39 is 5.60 Å². The van der Waals surface area contributed by atoms with Crippen molar-refractivity contribution in [1.82, 2.24) is 10.6 Å². The highest BCUT2D eigenvalue weighted by Crippen LogP contribution is 2.30. The van der Waals surface area contributed by atoms with Crippen LogP contribution in [-0.4, -0.2) is 35.7 Å². The molecule has 0 radical (unpaired) electrons. The van der Waals surface area contributed by atoms with E-state index in [-0.39, 0.29) is 18.5 Å². The van der Waals surface area contributed by atoms with Crippen molar-refractivity contribution < 1.29 is 9.90 Å². The Bertz CT molecular complexity index is 266. The molecule has 1 aliphatic carbocycles. The van der Waals surface area contributed by atoms with Crippen LogP contribution in [0, 0.1) is 12.3 Å². The Morgan fingerprint density at radius 2 is 2.33 bits per heavy atom. The van der Waals surface area contributed by atoms with Gasteiger partial charge in [0.05, 0.1) is 18.2 Å². The third-order valence-electron chi connectivity index (χ3n) is 2.78. The maximum absolute atomic E-state index is 11.4. The summed E-state index contributed by atoms with van der Waals surface area (Å²) in [6, 6.07) is -0.317. The summed E-state index contributed by atoms with van der Waals surface area (Å²) >= 11 is 0. The first-order chi connectivity index (χ1) is 7.07. The van der Waals surface area contributed by atoms with Crippen LogP contribution in [0.3, 0.4) is 0 Å². The molecule has 4 nitrogen and oxygen atoms in total. The van der Waals surface area contributed by atoms with Gasteiger partial charge in [0, 0.05) is 6.54 Å². The number of nitrogens with one attached hydrogen (secondary N) is 2. The fraction of sp³-hybridized carbons (Fsp3) is 0.727. The molecule has 84 valence electrons. The van der Waals surface area contributed by atoms with Gasteiger partial charge in [-0.1, -0.05) is 5.92 Å². The second-order valence-electron chi connectivity index (χ2n) is 4.10. The smallest absolute Gasteiger partial charge is 0.237 e. The van der Waals surface area contributed by atoms with E-state index in [4.69, 9.17) is 6.42 Å². The summed E-state index contributed by atoms with van der Waals surface area (Å²) in [6.45, 7) is 2.47. The molecular weight excluding hydrogens is 192 g/mol. The standard InChI is InChI=1S/C11H18N2O2/c1-3-7-12-10(14)9(2)13-8-11(15)5-4-6-11/h1,9,13,15H,4-8H2,2H3,(H,12,14). The Labute approximate surface area is 90.4 Å². The number of rotatable bonds is 5. The fourth-order valence-electron chi connectivity index (χ4n) is 1.49. The Kier molecular flexibility index (Phi) is 4.13. The Hall–Kier alpha value is -1.05. The third kappa shape index (κ3) is 3.54.